The summed E-state index contributed by atoms with van der Waals surface area (Å²) in [4.78, 5) is 0. The topological polar surface area (TPSA) is 55.9 Å². The van der Waals surface area contributed by atoms with Gasteiger partial charge in [-0.1, -0.05) is 0 Å². The molecule has 0 aromatic carbocycles. The van der Waals surface area contributed by atoms with E-state index in [1.165, 1.54) is 0 Å². The Labute approximate surface area is 66.4 Å². The van der Waals surface area contributed by atoms with Gasteiger partial charge in [-0.15, -0.1) is 0 Å². The molecule has 0 aliphatic heterocycles. The van der Waals surface area contributed by atoms with Crippen molar-refractivity contribution in [3.8, 4) is 0 Å². The summed E-state index contributed by atoms with van der Waals surface area (Å²) in [5, 5.41) is 7.35. The molecule has 1 aromatic rings. The fourth-order valence-electron chi connectivity index (χ4n) is 0.980. The van der Waals surface area contributed by atoms with E-state index in [2.05, 4.69) is 10.4 Å². The molecule has 1 aromatic heterocycles. The zero-order valence-corrected chi connectivity index (χ0v) is 6.96. The van der Waals surface area contributed by atoms with Crippen molar-refractivity contribution in [1.82, 2.24) is 9.78 Å². The highest BCUT2D eigenvalue weighted by Gasteiger charge is 1.99. The lowest BCUT2D eigenvalue weighted by Gasteiger charge is -1.99. The van der Waals surface area contributed by atoms with Crippen molar-refractivity contribution in [1.29, 1.82) is 0 Å². The van der Waals surface area contributed by atoms with Gasteiger partial charge >= 0.3 is 0 Å². The van der Waals surface area contributed by atoms with E-state index < -0.39 is 0 Å². The number of rotatable bonds is 3. The molecule has 0 bridgehead atoms. The average molecular weight is 154 g/mol. The van der Waals surface area contributed by atoms with Crippen LogP contribution >= 0.6 is 0 Å². The third-order valence-electron chi connectivity index (χ3n) is 1.47. The van der Waals surface area contributed by atoms with Crippen LogP contribution in [0.1, 0.15) is 5.69 Å². The lowest BCUT2D eigenvalue weighted by molar-refractivity contribution is 0.756. The highest BCUT2D eigenvalue weighted by molar-refractivity contribution is 5.45. The van der Waals surface area contributed by atoms with Crippen LogP contribution in [0.25, 0.3) is 0 Å². The van der Waals surface area contributed by atoms with E-state index in [9.17, 15) is 0 Å². The molecule has 0 amide bonds. The zero-order chi connectivity index (χ0) is 8.27. The highest BCUT2D eigenvalue weighted by atomic mass is 15.3. The van der Waals surface area contributed by atoms with Crippen molar-refractivity contribution in [3.05, 3.63) is 11.9 Å². The van der Waals surface area contributed by atoms with Gasteiger partial charge in [-0.05, 0) is 6.92 Å². The number of aromatic nitrogens is 2. The number of nitrogens with two attached hydrogens (primary N) is 1. The quantitative estimate of drug-likeness (QED) is 0.649. The van der Waals surface area contributed by atoms with Gasteiger partial charge in [0.05, 0.1) is 11.4 Å². The van der Waals surface area contributed by atoms with E-state index in [4.69, 9.17) is 5.73 Å². The van der Waals surface area contributed by atoms with Gasteiger partial charge in [0.25, 0.3) is 0 Å². The molecule has 1 heterocycles. The molecule has 0 aliphatic rings. The van der Waals surface area contributed by atoms with Gasteiger partial charge in [-0.25, -0.2) is 0 Å². The Bertz CT molecular complexity index is 228. The van der Waals surface area contributed by atoms with E-state index in [1.807, 2.05) is 20.2 Å². The zero-order valence-electron chi connectivity index (χ0n) is 6.96. The predicted molar refractivity (Wildman–Crippen MR) is 45.5 cm³/mol. The molecule has 0 unspecified atom stereocenters. The van der Waals surface area contributed by atoms with Crippen molar-refractivity contribution < 1.29 is 0 Å². The Hall–Kier alpha value is -1.03. The number of hydrogen-bond donors (Lipinski definition) is 2. The molecule has 3 N–H and O–H groups in total. The average Bonchev–Trinajstić information content (AvgIpc) is 2.26. The van der Waals surface area contributed by atoms with E-state index in [0.29, 0.717) is 6.54 Å². The number of hydrogen-bond acceptors (Lipinski definition) is 3. The molecule has 4 nitrogen and oxygen atoms in total. The molecule has 0 fully saturated rings. The minimum absolute atomic E-state index is 0.647. The summed E-state index contributed by atoms with van der Waals surface area (Å²) in [7, 11) is 1.90. The van der Waals surface area contributed by atoms with Gasteiger partial charge in [0.15, 0.2) is 0 Å². The smallest absolute Gasteiger partial charge is 0.0824 e. The molecule has 0 atom stereocenters. The fourth-order valence-corrected chi connectivity index (χ4v) is 0.980. The summed E-state index contributed by atoms with van der Waals surface area (Å²) < 4.78 is 1.79. The van der Waals surface area contributed by atoms with Crippen LogP contribution in [0.3, 0.4) is 0 Å². The normalized spacial score (nSPS) is 10.1. The van der Waals surface area contributed by atoms with Crippen LogP contribution in [0, 0.1) is 6.92 Å². The van der Waals surface area contributed by atoms with Crippen LogP contribution < -0.4 is 11.1 Å². The Morgan fingerprint density at radius 2 is 2.45 bits per heavy atom. The monoisotopic (exact) mass is 154 g/mol. The lowest BCUT2D eigenvalue weighted by Crippen LogP contribution is -2.13. The summed E-state index contributed by atoms with van der Waals surface area (Å²) in [6.45, 7) is 3.42. The number of aryl methyl sites for hydroxylation is 2. The number of nitrogens with zero attached hydrogens (tertiary/aromatic N) is 2. The van der Waals surface area contributed by atoms with E-state index in [0.717, 1.165) is 17.9 Å². The SMILES string of the molecule is Cc1nn(C)cc1NCCN. The molecule has 0 aliphatic carbocycles. The van der Waals surface area contributed by atoms with Crippen LogP contribution in [-0.2, 0) is 7.05 Å². The Kier molecular flexibility index (Phi) is 2.48. The molecule has 0 saturated heterocycles. The van der Waals surface area contributed by atoms with Gasteiger partial charge in [0, 0.05) is 26.3 Å². The first-order valence-electron chi connectivity index (χ1n) is 3.68. The first-order valence-corrected chi connectivity index (χ1v) is 3.68. The number of anilines is 1. The molecular formula is C7H14N4. The number of nitrogens with one attached hydrogen (secondary N) is 1. The Morgan fingerprint density at radius 3 is 2.91 bits per heavy atom. The molecule has 0 spiro atoms. The van der Waals surface area contributed by atoms with E-state index >= 15 is 0 Å². The summed E-state index contributed by atoms with van der Waals surface area (Å²) >= 11 is 0. The highest BCUT2D eigenvalue weighted by Crippen LogP contribution is 2.09. The van der Waals surface area contributed by atoms with Crippen LogP contribution in [0.2, 0.25) is 0 Å². The van der Waals surface area contributed by atoms with E-state index in [-0.39, 0.29) is 0 Å². The first-order chi connectivity index (χ1) is 5.24. The second-order valence-corrected chi connectivity index (χ2v) is 2.52. The fraction of sp³-hybridized carbons (Fsp3) is 0.571. The molecule has 0 saturated carbocycles. The third kappa shape index (κ3) is 1.94. The maximum atomic E-state index is 5.34. The molecule has 62 valence electrons. The Morgan fingerprint density at radius 1 is 1.73 bits per heavy atom. The van der Waals surface area contributed by atoms with Crippen molar-refractivity contribution in [3.63, 3.8) is 0 Å². The van der Waals surface area contributed by atoms with Crippen molar-refractivity contribution >= 4 is 5.69 Å². The maximum Gasteiger partial charge on any atom is 0.0824 e. The molecule has 4 heteroatoms. The molecular weight excluding hydrogens is 140 g/mol. The minimum atomic E-state index is 0.647. The van der Waals surface area contributed by atoms with Gasteiger partial charge in [0.1, 0.15) is 0 Å². The van der Waals surface area contributed by atoms with Crippen molar-refractivity contribution in [2.75, 3.05) is 18.4 Å². The van der Waals surface area contributed by atoms with Gasteiger partial charge < -0.3 is 11.1 Å². The summed E-state index contributed by atoms with van der Waals surface area (Å²) in [6.07, 6.45) is 1.95. The van der Waals surface area contributed by atoms with Crippen LogP contribution in [0.5, 0.6) is 0 Å². The second kappa shape index (κ2) is 3.39. The maximum absolute atomic E-state index is 5.34. The van der Waals surface area contributed by atoms with Crippen molar-refractivity contribution in [2.24, 2.45) is 12.8 Å². The second-order valence-electron chi connectivity index (χ2n) is 2.52. The van der Waals surface area contributed by atoms with Gasteiger partial charge in [0.2, 0.25) is 0 Å². The predicted octanol–water partition coefficient (Wildman–Crippen LogP) is 0.0991. The third-order valence-corrected chi connectivity index (χ3v) is 1.47. The van der Waals surface area contributed by atoms with E-state index in [1.54, 1.807) is 4.68 Å². The van der Waals surface area contributed by atoms with Gasteiger partial charge in [-0.3, -0.25) is 4.68 Å². The van der Waals surface area contributed by atoms with Crippen LogP contribution in [-0.4, -0.2) is 22.9 Å². The summed E-state index contributed by atoms with van der Waals surface area (Å²) in [6, 6.07) is 0. The minimum Gasteiger partial charge on any atom is -0.381 e. The molecule has 11 heavy (non-hydrogen) atoms. The first kappa shape index (κ1) is 8.07. The standard InChI is InChI=1S/C7H14N4/c1-6-7(9-4-3-8)5-11(2)10-6/h5,9H,3-4,8H2,1-2H3. The van der Waals surface area contributed by atoms with Crippen LogP contribution in [0.15, 0.2) is 6.20 Å². The lowest BCUT2D eigenvalue weighted by atomic mass is 10.4. The largest absolute Gasteiger partial charge is 0.381 e. The summed E-state index contributed by atoms with van der Waals surface area (Å²) in [5.41, 5.74) is 7.43. The van der Waals surface area contributed by atoms with Crippen LogP contribution in [0.4, 0.5) is 5.69 Å². The molecule has 0 radical (unpaired) electrons. The van der Waals surface area contributed by atoms with Crippen molar-refractivity contribution in [2.45, 2.75) is 6.92 Å². The Balaban J connectivity index is 2.62. The molecule has 1 rings (SSSR count). The summed E-state index contributed by atoms with van der Waals surface area (Å²) in [5.74, 6) is 0. The van der Waals surface area contributed by atoms with Gasteiger partial charge in [-0.2, -0.15) is 5.10 Å².